The van der Waals surface area contributed by atoms with Gasteiger partial charge in [-0.2, -0.15) is 0 Å². The van der Waals surface area contributed by atoms with Crippen LogP contribution in [0.25, 0.3) is 0 Å². The van der Waals surface area contributed by atoms with Crippen LogP contribution in [0.15, 0.2) is 49.1 Å². The molecule has 0 radical (unpaired) electrons. The molecular weight excluding hydrogens is 342 g/mol. The SMILES string of the molecule is C=CCOc1ccc(CNCCc2ccc(OC)c(OC)c2)cc1OCC. The van der Waals surface area contributed by atoms with E-state index in [0.717, 1.165) is 48.1 Å². The molecule has 0 unspecified atom stereocenters. The molecule has 0 heterocycles. The van der Waals surface area contributed by atoms with Crippen molar-refractivity contribution in [3.05, 3.63) is 60.2 Å². The molecule has 1 N–H and O–H groups in total. The third kappa shape index (κ3) is 6.22. The Balaban J connectivity index is 1.89. The van der Waals surface area contributed by atoms with Gasteiger partial charge >= 0.3 is 0 Å². The fraction of sp³-hybridized carbons (Fsp3) is 0.364. The Labute approximate surface area is 161 Å². The Morgan fingerprint density at radius 3 is 2.30 bits per heavy atom. The van der Waals surface area contributed by atoms with Crippen LogP contribution in [-0.2, 0) is 13.0 Å². The molecule has 0 aliphatic heterocycles. The first-order valence-electron chi connectivity index (χ1n) is 9.12. The maximum absolute atomic E-state index is 5.68. The largest absolute Gasteiger partial charge is 0.493 e. The molecule has 2 aromatic carbocycles. The van der Waals surface area contributed by atoms with Crippen molar-refractivity contribution in [1.29, 1.82) is 0 Å². The maximum Gasteiger partial charge on any atom is 0.161 e. The van der Waals surface area contributed by atoms with Gasteiger partial charge in [0.2, 0.25) is 0 Å². The number of benzene rings is 2. The van der Waals surface area contributed by atoms with Gasteiger partial charge in [0, 0.05) is 6.54 Å². The molecule has 0 aliphatic rings. The van der Waals surface area contributed by atoms with Gasteiger partial charge in [0.05, 0.1) is 20.8 Å². The summed E-state index contributed by atoms with van der Waals surface area (Å²) in [5.41, 5.74) is 2.35. The smallest absolute Gasteiger partial charge is 0.161 e. The van der Waals surface area contributed by atoms with Crippen molar-refractivity contribution < 1.29 is 18.9 Å². The molecule has 0 bridgehead atoms. The van der Waals surface area contributed by atoms with E-state index in [1.165, 1.54) is 5.56 Å². The molecule has 5 nitrogen and oxygen atoms in total. The zero-order valence-electron chi connectivity index (χ0n) is 16.4. The van der Waals surface area contributed by atoms with E-state index < -0.39 is 0 Å². The average Bonchev–Trinajstić information content (AvgIpc) is 2.70. The van der Waals surface area contributed by atoms with Crippen molar-refractivity contribution in [2.75, 3.05) is 34.0 Å². The molecule has 5 heteroatoms. The van der Waals surface area contributed by atoms with Gasteiger partial charge in [0.25, 0.3) is 0 Å². The lowest BCUT2D eigenvalue weighted by atomic mass is 10.1. The lowest BCUT2D eigenvalue weighted by molar-refractivity contribution is 0.296. The van der Waals surface area contributed by atoms with E-state index in [2.05, 4.69) is 18.0 Å². The number of hydrogen-bond acceptors (Lipinski definition) is 5. The normalized spacial score (nSPS) is 10.3. The standard InChI is InChI=1S/C22H29NO4/c1-5-13-27-20-10-8-18(15-22(20)26-6-2)16-23-12-11-17-7-9-19(24-3)21(14-17)25-4/h5,7-10,14-15,23H,1,6,11-13,16H2,2-4H3. The third-order valence-electron chi connectivity index (χ3n) is 4.03. The van der Waals surface area contributed by atoms with Crippen molar-refractivity contribution in [2.24, 2.45) is 0 Å². The topological polar surface area (TPSA) is 49.0 Å². The van der Waals surface area contributed by atoms with Crippen molar-refractivity contribution in [1.82, 2.24) is 5.32 Å². The van der Waals surface area contributed by atoms with Gasteiger partial charge in [0.15, 0.2) is 23.0 Å². The molecule has 0 amide bonds. The van der Waals surface area contributed by atoms with E-state index in [1.807, 2.05) is 37.3 Å². The molecule has 0 aliphatic carbocycles. The first kappa shape index (κ1) is 20.6. The van der Waals surface area contributed by atoms with E-state index in [1.54, 1.807) is 20.3 Å². The summed E-state index contributed by atoms with van der Waals surface area (Å²) in [4.78, 5) is 0. The van der Waals surface area contributed by atoms with E-state index in [-0.39, 0.29) is 0 Å². The minimum Gasteiger partial charge on any atom is -0.493 e. The summed E-state index contributed by atoms with van der Waals surface area (Å²) in [6.07, 6.45) is 2.62. The van der Waals surface area contributed by atoms with Crippen molar-refractivity contribution >= 4 is 0 Å². The van der Waals surface area contributed by atoms with E-state index in [9.17, 15) is 0 Å². The summed E-state index contributed by atoms with van der Waals surface area (Å²) in [6.45, 7) is 8.31. The highest BCUT2D eigenvalue weighted by Gasteiger charge is 2.07. The van der Waals surface area contributed by atoms with Gasteiger partial charge in [-0.1, -0.05) is 24.8 Å². The monoisotopic (exact) mass is 371 g/mol. The highest BCUT2D eigenvalue weighted by Crippen LogP contribution is 2.29. The Bertz CT molecular complexity index is 730. The maximum atomic E-state index is 5.68. The Kier molecular flexibility index (Phi) is 8.52. The second kappa shape index (κ2) is 11.1. The quantitative estimate of drug-likeness (QED) is 0.451. The highest BCUT2D eigenvalue weighted by atomic mass is 16.5. The second-order valence-electron chi connectivity index (χ2n) is 5.93. The summed E-state index contributed by atoms with van der Waals surface area (Å²) in [6, 6.07) is 12.0. The third-order valence-corrected chi connectivity index (χ3v) is 4.03. The predicted octanol–water partition coefficient (Wildman–Crippen LogP) is 4.00. The van der Waals surface area contributed by atoms with E-state index in [0.29, 0.717) is 13.2 Å². The fourth-order valence-corrected chi connectivity index (χ4v) is 2.70. The fourth-order valence-electron chi connectivity index (χ4n) is 2.70. The molecular formula is C22H29NO4. The van der Waals surface area contributed by atoms with Crippen molar-refractivity contribution in [2.45, 2.75) is 19.9 Å². The summed E-state index contributed by atoms with van der Waals surface area (Å²) in [5.74, 6) is 3.01. The highest BCUT2D eigenvalue weighted by molar-refractivity contribution is 5.44. The van der Waals surface area contributed by atoms with Crippen molar-refractivity contribution in [3.63, 3.8) is 0 Å². The molecule has 2 aromatic rings. The predicted molar refractivity (Wildman–Crippen MR) is 108 cm³/mol. The molecule has 0 fully saturated rings. The number of ether oxygens (including phenoxy) is 4. The van der Waals surface area contributed by atoms with Crippen LogP contribution in [0.5, 0.6) is 23.0 Å². The molecule has 0 spiro atoms. The van der Waals surface area contributed by atoms with Gasteiger partial charge < -0.3 is 24.3 Å². The number of rotatable bonds is 12. The second-order valence-corrected chi connectivity index (χ2v) is 5.93. The Hall–Kier alpha value is -2.66. The van der Waals surface area contributed by atoms with Gasteiger partial charge in [-0.05, 0) is 55.3 Å². The molecule has 0 atom stereocenters. The summed E-state index contributed by atoms with van der Waals surface area (Å²) in [5, 5.41) is 3.46. The van der Waals surface area contributed by atoms with Crippen LogP contribution in [0.2, 0.25) is 0 Å². The zero-order valence-corrected chi connectivity index (χ0v) is 16.4. The lowest BCUT2D eigenvalue weighted by Crippen LogP contribution is -2.16. The summed E-state index contributed by atoms with van der Waals surface area (Å²) in [7, 11) is 3.29. The van der Waals surface area contributed by atoms with Crippen LogP contribution in [0.1, 0.15) is 18.1 Å². The average molecular weight is 371 g/mol. The molecule has 0 saturated carbocycles. The first-order chi connectivity index (χ1) is 13.2. The number of hydrogen-bond donors (Lipinski definition) is 1. The van der Waals surface area contributed by atoms with Gasteiger partial charge in [0.1, 0.15) is 6.61 Å². The molecule has 27 heavy (non-hydrogen) atoms. The van der Waals surface area contributed by atoms with Gasteiger partial charge in [-0.25, -0.2) is 0 Å². The van der Waals surface area contributed by atoms with Crippen LogP contribution in [0.4, 0.5) is 0 Å². The molecule has 146 valence electrons. The number of methoxy groups -OCH3 is 2. The molecule has 0 aromatic heterocycles. The molecule has 0 saturated heterocycles. The lowest BCUT2D eigenvalue weighted by Gasteiger charge is -2.13. The summed E-state index contributed by atoms with van der Waals surface area (Å²) >= 11 is 0. The van der Waals surface area contributed by atoms with Gasteiger partial charge in [-0.15, -0.1) is 0 Å². The minimum atomic E-state index is 0.461. The number of nitrogens with one attached hydrogen (secondary N) is 1. The van der Waals surface area contributed by atoms with Crippen LogP contribution in [0, 0.1) is 0 Å². The van der Waals surface area contributed by atoms with Crippen LogP contribution in [-0.4, -0.2) is 34.0 Å². The van der Waals surface area contributed by atoms with E-state index in [4.69, 9.17) is 18.9 Å². The zero-order chi connectivity index (χ0) is 19.5. The van der Waals surface area contributed by atoms with Crippen molar-refractivity contribution in [3.8, 4) is 23.0 Å². The van der Waals surface area contributed by atoms with Gasteiger partial charge in [-0.3, -0.25) is 0 Å². The summed E-state index contributed by atoms with van der Waals surface area (Å²) < 4.78 is 21.9. The Morgan fingerprint density at radius 1 is 0.889 bits per heavy atom. The van der Waals surface area contributed by atoms with Crippen LogP contribution >= 0.6 is 0 Å². The van der Waals surface area contributed by atoms with E-state index >= 15 is 0 Å². The molecule has 2 rings (SSSR count). The first-order valence-corrected chi connectivity index (χ1v) is 9.12. The Morgan fingerprint density at radius 2 is 1.59 bits per heavy atom. The van der Waals surface area contributed by atoms with Crippen LogP contribution in [0.3, 0.4) is 0 Å². The minimum absolute atomic E-state index is 0.461. The van der Waals surface area contributed by atoms with Crippen LogP contribution < -0.4 is 24.3 Å².